The van der Waals surface area contributed by atoms with Crippen LogP contribution >= 0.6 is 23.8 Å². The first-order chi connectivity index (χ1) is 15.5. The van der Waals surface area contributed by atoms with Crippen LogP contribution in [0.2, 0.25) is 5.02 Å². The molecule has 0 aliphatic carbocycles. The van der Waals surface area contributed by atoms with Gasteiger partial charge in [-0.1, -0.05) is 35.9 Å². The summed E-state index contributed by atoms with van der Waals surface area (Å²) in [6.07, 6.45) is 0.261. The molecule has 1 aliphatic heterocycles. The molecule has 32 heavy (non-hydrogen) atoms. The van der Waals surface area contributed by atoms with Crippen LogP contribution in [-0.2, 0) is 16.0 Å². The van der Waals surface area contributed by atoms with Crippen molar-refractivity contribution in [2.45, 2.75) is 19.4 Å². The first kappa shape index (κ1) is 24.0. The molecule has 0 spiro atoms. The number of halogens is 1. The van der Waals surface area contributed by atoms with Crippen LogP contribution in [0.25, 0.3) is 0 Å². The summed E-state index contributed by atoms with van der Waals surface area (Å²) in [6, 6.07) is 13.1. The molecule has 0 radical (unpaired) electrons. The van der Waals surface area contributed by atoms with Crippen molar-refractivity contribution in [2.24, 2.45) is 0 Å². The standard InChI is InChI=1S/C23H26ClN3O4S/c1-2-30-22(29)20(26-21(28)18-5-3-4-6-19(18)24)15-16-7-9-17(10-8-16)31-23(32)27-13-11-25-12-14-27/h3-10,20,25H,2,11-15H2,1H3,(H,26,28). The number of hydrogen-bond acceptors (Lipinski definition) is 6. The predicted octanol–water partition coefficient (Wildman–Crippen LogP) is 2.81. The third-order valence-corrected chi connectivity index (χ3v) is 5.61. The van der Waals surface area contributed by atoms with Gasteiger partial charge < -0.3 is 25.0 Å². The summed E-state index contributed by atoms with van der Waals surface area (Å²) in [5.41, 5.74) is 1.14. The van der Waals surface area contributed by atoms with Gasteiger partial charge in [-0.3, -0.25) is 4.79 Å². The fourth-order valence-corrected chi connectivity index (χ4v) is 3.76. The zero-order valence-electron chi connectivity index (χ0n) is 17.8. The topological polar surface area (TPSA) is 79.9 Å². The molecule has 0 aromatic heterocycles. The first-order valence-electron chi connectivity index (χ1n) is 10.5. The van der Waals surface area contributed by atoms with E-state index >= 15 is 0 Å². The number of benzene rings is 2. The average molecular weight is 476 g/mol. The summed E-state index contributed by atoms with van der Waals surface area (Å²) in [4.78, 5) is 27.1. The molecule has 0 bridgehead atoms. The number of carbonyl (C=O) groups is 2. The summed E-state index contributed by atoms with van der Waals surface area (Å²) in [5, 5.41) is 6.76. The van der Waals surface area contributed by atoms with Crippen molar-refractivity contribution in [2.75, 3.05) is 32.8 Å². The lowest BCUT2D eigenvalue weighted by Crippen LogP contribution is -2.47. The summed E-state index contributed by atoms with van der Waals surface area (Å²) < 4.78 is 10.9. The van der Waals surface area contributed by atoms with Crippen molar-refractivity contribution in [1.82, 2.24) is 15.5 Å². The van der Waals surface area contributed by atoms with E-state index in [-0.39, 0.29) is 13.0 Å². The molecule has 1 atom stereocenters. The van der Waals surface area contributed by atoms with Crippen molar-refractivity contribution in [1.29, 1.82) is 0 Å². The SMILES string of the molecule is CCOC(=O)C(Cc1ccc(OC(=S)N2CCNCC2)cc1)NC(=O)c1ccccc1Cl. The number of thiocarbonyl (C=S) groups is 1. The van der Waals surface area contributed by atoms with E-state index in [4.69, 9.17) is 33.3 Å². The molecule has 2 aromatic carbocycles. The van der Waals surface area contributed by atoms with E-state index in [1.807, 2.05) is 17.0 Å². The third-order valence-electron chi connectivity index (χ3n) is 4.94. The molecule has 170 valence electrons. The van der Waals surface area contributed by atoms with Gasteiger partial charge in [0.25, 0.3) is 11.1 Å². The quantitative estimate of drug-likeness (QED) is 0.471. The molecule has 9 heteroatoms. The number of esters is 1. The van der Waals surface area contributed by atoms with Crippen molar-refractivity contribution < 1.29 is 19.1 Å². The number of nitrogens with zero attached hydrogens (tertiary/aromatic N) is 1. The van der Waals surface area contributed by atoms with Crippen LogP contribution in [0.4, 0.5) is 0 Å². The van der Waals surface area contributed by atoms with Gasteiger partial charge >= 0.3 is 5.97 Å². The van der Waals surface area contributed by atoms with Crippen molar-refractivity contribution in [3.63, 3.8) is 0 Å². The Labute approximate surface area is 198 Å². The maximum atomic E-state index is 12.7. The highest BCUT2D eigenvalue weighted by Gasteiger charge is 2.24. The van der Waals surface area contributed by atoms with Crippen LogP contribution in [0.1, 0.15) is 22.8 Å². The molecule has 7 nitrogen and oxygen atoms in total. The monoisotopic (exact) mass is 475 g/mol. The van der Waals surface area contributed by atoms with E-state index in [1.165, 1.54) is 0 Å². The average Bonchev–Trinajstić information content (AvgIpc) is 2.80. The Hall–Kier alpha value is -2.68. The van der Waals surface area contributed by atoms with Crippen LogP contribution < -0.4 is 15.4 Å². The summed E-state index contributed by atoms with van der Waals surface area (Å²) in [5.74, 6) is -0.326. The summed E-state index contributed by atoms with van der Waals surface area (Å²) >= 11 is 11.5. The van der Waals surface area contributed by atoms with Gasteiger partial charge in [0.1, 0.15) is 11.8 Å². The smallest absolute Gasteiger partial charge is 0.328 e. The molecule has 1 aliphatic rings. The van der Waals surface area contributed by atoms with Crippen molar-refractivity contribution in [3.8, 4) is 5.75 Å². The molecule has 1 amide bonds. The number of hydrogen-bond donors (Lipinski definition) is 2. The minimum Gasteiger partial charge on any atom is -0.464 e. The Kier molecular flexibility index (Phi) is 8.84. The fraction of sp³-hybridized carbons (Fsp3) is 0.348. The fourth-order valence-electron chi connectivity index (χ4n) is 3.26. The van der Waals surface area contributed by atoms with E-state index in [9.17, 15) is 9.59 Å². The zero-order valence-corrected chi connectivity index (χ0v) is 19.4. The minimum atomic E-state index is -0.854. The minimum absolute atomic E-state index is 0.216. The van der Waals surface area contributed by atoms with Crippen LogP contribution in [0, 0.1) is 0 Å². The van der Waals surface area contributed by atoms with E-state index in [0.29, 0.717) is 21.5 Å². The number of rotatable bonds is 7. The van der Waals surface area contributed by atoms with Gasteiger partial charge in [0, 0.05) is 32.6 Å². The Bertz CT molecular complexity index is 949. The second-order valence-electron chi connectivity index (χ2n) is 7.21. The number of amides is 1. The Balaban J connectivity index is 1.65. The van der Waals surface area contributed by atoms with E-state index in [2.05, 4.69) is 10.6 Å². The highest BCUT2D eigenvalue weighted by atomic mass is 35.5. The molecule has 1 fully saturated rings. The van der Waals surface area contributed by atoms with Crippen molar-refractivity contribution in [3.05, 3.63) is 64.7 Å². The largest absolute Gasteiger partial charge is 0.464 e. The number of piperazine rings is 1. The highest BCUT2D eigenvalue weighted by molar-refractivity contribution is 7.80. The van der Waals surface area contributed by atoms with Gasteiger partial charge in [-0.2, -0.15) is 0 Å². The number of carbonyl (C=O) groups excluding carboxylic acids is 2. The van der Waals surface area contributed by atoms with Crippen molar-refractivity contribution >= 4 is 40.9 Å². The second-order valence-corrected chi connectivity index (χ2v) is 7.97. The normalized spacial score (nSPS) is 14.4. The van der Waals surface area contributed by atoms with Gasteiger partial charge in [-0.15, -0.1) is 0 Å². The van der Waals surface area contributed by atoms with Crippen LogP contribution in [-0.4, -0.2) is 60.8 Å². The number of ether oxygens (including phenoxy) is 2. The van der Waals surface area contributed by atoms with Gasteiger partial charge in [0.05, 0.1) is 17.2 Å². The summed E-state index contributed by atoms with van der Waals surface area (Å²) in [6.45, 7) is 5.30. The molecule has 2 N–H and O–H groups in total. The van der Waals surface area contributed by atoms with Crippen LogP contribution in [0.5, 0.6) is 5.75 Å². The number of nitrogens with one attached hydrogen (secondary N) is 2. The lowest BCUT2D eigenvalue weighted by molar-refractivity contribution is -0.145. The molecular weight excluding hydrogens is 450 g/mol. The Morgan fingerprint density at radius 2 is 1.84 bits per heavy atom. The summed E-state index contributed by atoms with van der Waals surface area (Å²) in [7, 11) is 0. The lowest BCUT2D eigenvalue weighted by Gasteiger charge is -2.28. The maximum Gasteiger partial charge on any atom is 0.328 e. The third kappa shape index (κ3) is 6.66. The van der Waals surface area contributed by atoms with E-state index in [0.717, 1.165) is 31.7 Å². The van der Waals surface area contributed by atoms with Crippen LogP contribution in [0.3, 0.4) is 0 Å². The molecule has 1 unspecified atom stereocenters. The van der Waals surface area contributed by atoms with Gasteiger partial charge in [0.15, 0.2) is 0 Å². The molecule has 3 rings (SSSR count). The Morgan fingerprint density at radius 3 is 2.50 bits per heavy atom. The zero-order chi connectivity index (χ0) is 22.9. The van der Waals surface area contributed by atoms with Gasteiger partial charge in [-0.25, -0.2) is 4.79 Å². The second kappa shape index (κ2) is 11.8. The van der Waals surface area contributed by atoms with E-state index in [1.54, 1.807) is 43.3 Å². The highest BCUT2D eigenvalue weighted by Crippen LogP contribution is 2.17. The van der Waals surface area contributed by atoms with Gasteiger partial charge in [0.2, 0.25) is 0 Å². The van der Waals surface area contributed by atoms with Crippen LogP contribution in [0.15, 0.2) is 48.5 Å². The van der Waals surface area contributed by atoms with E-state index < -0.39 is 17.9 Å². The molecule has 1 saturated heterocycles. The predicted molar refractivity (Wildman–Crippen MR) is 127 cm³/mol. The maximum absolute atomic E-state index is 12.7. The molecule has 2 aromatic rings. The molecule has 0 saturated carbocycles. The molecule has 1 heterocycles. The van der Waals surface area contributed by atoms with Gasteiger partial charge in [-0.05, 0) is 49.0 Å². The first-order valence-corrected chi connectivity index (χ1v) is 11.2. The molecular formula is C23H26ClN3O4S. The Morgan fingerprint density at radius 1 is 1.16 bits per heavy atom. The lowest BCUT2D eigenvalue weighted by atomic mass is 10.0.